The molecule has 0 radical (unpaired) electrons. The number of nitrogens with zero attached hydrogens (tertiary/aromatic N) is 2. The maximum atomic E-state index is 10.7. The van der Waals surface area contributed by atoms with Crippen molar-refractivity contribution >= 4 is 34.5 Å². The number of rotatable bonds is 3. The molecule has 134 valence electrons. The molecule has 3 aromatic rings. The molecule has 26 heavy (non-hydrogen) atoms. The van der Waals surface area contributed by atoms with Gasteiger partial charge in [-0.05, 0) is 48.2 Å². The third-order valence-corrected chi connectivity index (χ3v) is 6.23. The highest BCUT2D eigenvalue weighted by atomic mass is 35.5. The van der Waals surface area contributed by atoms with E-state index in [1.165, 1.54) is 23.2 Å². The molecule has 0 bridgehead atoms. The number of aryl methyl sites for hydroxylation is 1. The molecule has 1 N–H and O–H groups in total. The van der Waals surface area contributed by atoms with Crippen LogP contribution in [-0.2, 0) is 11.2 Å². The van der Waals surface area contributed by atoms with E-state index in [0.29, 0.717) is 17.2 Å². The van der Waals surface area contributed by atoms with Gasteiger partial charge in [0, 0.05) is 26.5 Å². The number of halogens is 2. The van der Waals surface area contributed by atoms with Crippen molar-refractivity contribution in [1.29, 1.82) is 0 Å². The third kappa shape index (κ3) is 3.26. The first kappa shape index (κ1) is 17.9. The summed E-state index contributed by atoms with van der Waals surface area (Å²) in [6.07, 6.45) is 2.72. The highest BCUT2D eigenvalue weighted by molar-refractivity contribution is 7.12. The van der Waals surface area contributed by atoms with Gasteiger partial charge in [0.1, 0.15) is 23.7 Å². The topological polar surface area (TPSA) is 55.2 Å². The van der Waals surface area contributed by atoms with Gasteiger partial charge in [-0.25, -0.2) is 9.97 Å². The van der Waals surface area contributed by atoms with E-state index in [0.717, 1.165) is 27.3 Å². The van der Waals surface area contributed by atoms with Crippen LogP contribution < -0.4 is 0 Å². The van der Waals surface area contributed by atoms with Crippen LogP contribution in [-0.4, -0.2) is 21.7 Å². The van der Waals surface area contributed by atoms with Gasteiger partial charge in [-0.2, -0.15) is 0 Å². The molecule has 0 unspecified atom stereocenters. The number of hydrogen-bond acceptors (Lipinski definition) is 5. The van der Waals surface area contributed by atoms with Gasteiger partial charge in [0.25, 0.3) is 0 Å². The van der Waals surface area contributed by atoms with E-state index < -0.39 is 6.10 Å². The zero-order valence-corrected chi connectivity index (χ0v) is 16.3. The summed E-state index contributed by atoms with van der Waals surface area (Å²) in [4.78, 5) is 9.78. The van der Waals surface area contributed by atoms with Crippen molar-refractivity contribution in [1.82, 2.24) is 9.97 Å². The van der Waals surface area contributed by atoms with Gasteiger partial charge >= 0.3 is 0 Å². The first-order valence-corrected chi connectivity index (χ1v) is 9.75. The normalized spacial score (nSPS) is 17.8. The Labute approximate surface area is 165 Å². The molecule has 3 heterocycles. The number of aromatic nitrogens is 2. The SMILES string of the molecule is Cc1sc([C@@H](O)c2cncnc2Cl)cc1[C@@H]1OCCc2ccc(Cl)cc21. The molecule has 0 aliphatic carbocycles. The van der Waals surface area contributed by atoms with Crippen LogP contribution in [0.1, 0.15) is 44.2 Å². The molecule has 4 rings (SSSR count). The molecule has 0 spiro atoms. The minimum atomic E-state index is -0.872. The minimum absolute atomic E-state index is 0.183. The molecule has 0 amide bonds. The van der Waals surface area contributed by atoms with Crippen molar-refractivity contribution in [2.45, 2.75) is 25.6 Å². The van der Waals surface area contributed by atoms with Crippen LogP contribution in [0.4, 0.5) is 0 Å². The molecular weight excluding hydrogens is 391 g/mol. The van der Waals surface area contributed by atoms with Gasteiger partial charge in [0.05, 0.1) is 6.61 Å². The van der Waals surface area contributed by atoms with Crippen LogP contribution in [0.25, 0.3) is 0 Å². The van der Waals surface area contributed by atoms with Crippen LogP contribution in [0, 0.1) is 6.92 Å². The fourth-order valence-electron chi connectivity index (χ4n) is 3.25. The lowest BCUT2D eigenvalue weighted by Gasteiger charge is -2.26. The molecular formula is C19H16Cl2N2O2S. The van der Waals surface area contributed by atoms with Gasteiger partial charge in [0.15, 0.2) is 0 Å². The maximum absolute atomic E-state index is 10.7. The van der Waals surface area contributed by atoms with E-state index in [1.807, 2.05) is 25.1 Å². The fourth-order valence-corrected chi connectivity index (χ4v) is 4.69. The highest BCUT2D eigenvalue weighted by Gasteiger charge is 2.27. The second-order valence-electron chi connectivity index (χ2n) is 6.18. The predicted molar refractivity (Wildman–Crippen MR) is 103 cm³/mol. The molecule has 2 atom stereocenters. The summed E-state index contributed by atoms with van der Waals surface area (Å²) in [5.74, 6) is 0. The van der Waals surface area contributed by atoms with Crippen molar-refractivity contribution in [3.8, 4) is 0 Å². The Morgan fingerprint density at radius 2 is 2.12 bits per heavy atom. The van der Waals surface area contributed by atoms with Crippen LogP contribution in [0.15, 0.2) is 36.8 Å². The molecule has 4 nitrogen and oxygen atoms in total. The van der Waals surface area contributed by atoms with Crippen molar-refractivity contribution in [2.75, 3.05) is 6.61 Å². The van der Waals surface area contributed by atoms with E-state index in [-0.39, 0.29) is 11.3 Å². The van der Waals surface area contributed by atoms with Crippen molar-refractivity contribution in [3.05, 3.63) is 79.0 Å². The standard InChI is InChI=1S/C19H16Cl2N2O2S/c1-10-13(18-14-6-12(20)3-2-11(14)4-5-25-18)7-16(26-10)17(24)15-8-22-9-23-19(15)21/h2-3,6-9,17-18,24H,4-5H2,1H3/t17-,18-/m0/s1. The lowest BCUT2D eigenvalue weighted by atomic mass is 9.93. The smallest absolute Gasteiger partial charge is 0.138 e. The Morgan fingerprint density at radius 3 is 2.92 bits per heavy atom. The summed E-state index contributed by atoms with van der Waals surface area (Å²) in [5, 5.41) is 11.7. The Morgan fingerprint density at radius 1 is 1.27 bits per heavy atom. The van der Waals surface area contributed by atoms with Crippen molar-refractivity contribution in [3.63, 3.8) is 0 Å². The zero-order valence-electron chi connectivity index (χ0n) is 13.9. The molecule has 1 aromatic carbocycles. The Kier molecular flexibility index (Phi) is 4.99. The quantitative estimate of drug-likeness (QED) is 0.628. The largest absolute Gasteiger partial charge is 0.383 e. The van der Waals surface area contributed by atoms with Crippen molar-refractivity contribution in [2.24, 2.45) is 0 Å². The number of hydrogen-bond donors (Lipinski definition) is 1. The van der Waals surface area contributed by atoms with Gasteiger partial charge in [0.2, 0.25) is 0 Å². The number of aliphatic hydroxyl groups excluding tert-OH is 1. The van der Waals surface area contributed by atoms with Crippen LogP contribution in [0.5, 0.6) is 0 Å². The first-order chi connectivity index (χ1) is 12.5. The molecule has 2 aromatic heterocycles. The number of benzene rings is 1. The maximum Gasteiger partial charge on any atom is 0.138 e. The van der Waals surface area contributed by atoms with E-state index in [9.17, 15) is 5.11 Å². The lowest BCUT2D eigenvalue weighted by molar-refractivity contribution is 0.0697. The van der Waals surface area contributed by atoms with Crippen LogP contribution in [0.2, 0.25) is 10.2 Å². The highest BCUT2D eigenvalue weighted by Crippen LogP contribution is 2.41. The van der Waals surface area contributed by atoms with E-state index in [2.05, 4.69) is 16.0 Å². The van der Waals surface area contributed by atoms with Crippen molar-refractivity contribution < 1.29 is 9.84 Å². The third-order valence-electron chi connectivity index (χ3n) is 4.56. The Bertz CT molecular complexity index is 960. The summed E-state index contributed by atoms with van der Waals surface area (Å²) in [5.41, 5.74) is 3.87. The average Bonchev–Trinajstić information content (AvgIpc) is 3.02. The average molecular weight is 407 g/mol. The van der Waals surface area contributed by atoms with Gasteiger partial charge < -0.3 is 9.84 Å². The summed E-state index contributed by atoms with van der Waals surface area (Å²) < 4.78 is 6.06. The van der Waals surface area contributed by atoms with Gasteiger partial charge in [-0.15, -0.1) is 11.3 Å². The number of fused-ring (bicyclic) bond motifs is 1. The lowest BCUT2D eigenvalue weighted by Crippen LogP contribution is -2.17. The second-order valence-corrected chi connectivity index (χ2v) is 8.26. The minimum Gasteiger partial charge on any atom is -0.383 e. The monoisotopic (exact) mass is 406 g/mol. The van der Waals surface area contributed by atoms with E-state index in [1.54, 1.807) is 6.20 Å². The summed E-state index contributed by atoms with van der Waals surface area (Å²) in [6.45, 7) is 2.69. The van der Waals surface area contributed by atoms with E-state index >= 15 is 0 Å². The Hall–Kier alpha value is -1.50. The molecule has 0 saturated carbocycles. The van der Waals surface area contributed by atoms with Crippen LogP contribution >= 0.6 is 34.5 Å². The predicted octanol–water partition coefficient (Wildman–Crippen LogP) is 4.90. The summed E-state index contributed by atoms with van der Waals surface area (Å²) in [7, 11) is 0. The molecule has 1 aliphatic rings. The second kappa shape index (κ2) is 7.25. The summed E-state index contributed by atoms with van der Waals surface area (Å²) >= 11 is 13.8. The molecule has 0 fully saturated rings. The summed E-state index contributed by atoms with van der Waals surface area (Å²) in [6, 6.07) is 7.92. The van der Waals surface area contributed by atoms with E-state index in [4.69, 9.17) is 27.9 Å². The number of aliphatic hydroxyl groups is 1. The molecule has 1 aliphatic heterocycles. The molecule has 0 saturated heterocycles. The Balaban J connectivity index is 1.73. The number of ether oxygens (including phenoxy) is 1. The zero-order chi connectivity index (χ0) is 18.3. The fraction of sp³-hybridized carbons (Fsp3) is 0.263. The number of thiophene rings is 1. The van der Waals surface area contributed by atoms with Crippen LogP contribution in [0.3, 0.4) is 0 Å². The first-order valence-electron chi connectivity index (χ1n) is 8.18. The molecule has 7 heteroatoms. The van der Waals surface area contributed by atoms with Gasteiger partial charge in [-0.3, -0.25) is 0 Å². The van der Waals surface area contributed by atoms with Gasteiger partial charge in [-0.1, -0.05) is 29.3 Å².